The monoisotopic (exact) mass is 758 g/mol. The number of amides is 3. The third-order valence-corrected chi connectivity index (χ3v) is 9.36. The number of aliphatic hydroxyl groups excluding tert-OH is 1. The first-order chi connectivity index (χ1) is 22.9. The van der Waals surface area contributed by atoms with Crippen molar-refractivity contribution in [3.05, 3.63) is 113 Å². The van der Waals surface area contributed by atoms with Crippen molar-refractivity contribution in [3.63, 3.8) is 0 Å². The van der Waals surface area contributed by atoms with Gasteiger partial charge in [0.05, 0.1) is 26.2 Å². The van der Waals surface area contributed by atoms with Crippen molar-refractivity contribution in [2.45, 2.75) is 19.1 Å². The molecule has 0 aromatic heterocycles. The molecule has 4 aromatic carbocycles. The van der Waals surface area contributed by atoms with E-state index in [9.17, 15) is 63.4 Å². The molecule has 256 valence electrons. The number of carbonyl (C=O) groups is 3. The predicted molar refractivity (Wildman–Crippen MR) is 150 cm³/mol. The van der Waals surface area contributed by atoms with Gasteiger partial charge in [0.25, 0.3) is 17.7 Å². The Hall–Kier alpha value is -4.12. The predicted octanol–water partition coefficient (Wildman–Crippen LogP) is 7.72. The maximum atomic E-state index is 14.3. The van der Waals surface area contributed by atoms with Gasteiger partial charge in [-0.2, -0.15) is 0 Å². The van der Waals surface area contributed by atoms with Crippen molar-refractivity contribution >= 4 is 63.3 Å². The smallest absolute Gasteiger partial charge is 0.262 e. The minimum absolute atomic E-state index is 0.336. The van der Waals surface area contributed by atoms with Crippen LogP contribution in [-0.4, -0.2) is 45.7 Å². The van der Waals surface area contributed by atoms with Crippen LogP contribution in [0, 0.1) is 58.2 Å². The van der Waals surface area contributed by atoms with E-state index in [4.69, 9.17) is 34.8 Å². The molecule has 2 aliphatic heterocycles. The van der Waals surface area contributed by atoms with Crippen LogP contribution in [0.4, 0.5) is 43.9 Å². The van der Waals surface area contributed by atoms with Crippen LogP contribution in [0.5, 0.6) is 0 Å². The van der Waals surface area contributed by atoms with Crippen molar-refractivity contribution in [3.8, 4) is 0 Å². The standard InChI is InChI=1S/C30H11Cl3F10N2O4/c31-9-5-8-10-12-11(9)28(47)45(4-2-7-19(36)23(40)26(43)24(41)20(7)37)30(49)14(12)16(33)15(32)13(10)29(48)44(27(8)46)3-1-6-17(34)21(38)25(42)22(39)18(6)35/h5,29,48H,1-4H2. The number of rotatable bonds is 6. The van der Waals surface area contributed by atoms with Crippen LogP contribution in [0.1, 0.15) is 54.0 Å². The summed E-state index contributed by atoms with van der Waals surface area (Å²) >= 11 is 19.2. The first-order valence-corrected chi connectivity index (χ1v) is 14.6. The first kappa shape index (κ1) is 34.7. The normalized spacial score (nSPS) is 15.7. The molecule has 0 radical (unpaired) electrons. The van der Waals surface area contributed by atoms with Gasteiger partial charge in [0, 0.05) is 46.1 Å². The molecule has 3 amide bonds. The van der Waals surface area contributed by atoms with Crippen molar-refractivity contribution in [1.82, 2.24) is 9.80 Å². The zero-order chi connectivity index (χ0) is 36.1. The summed E-state index contributed by atoms with van der Waals surface area (Å²) in [5.74, 6) is -26.4. The molecule has 0 aliphatic carbocycles. The molecule has 6 nitrogen and oxygen atoms in total. The van der Waals surface area contributed by atoms with Crippen LogP contribution in [0.2, 0.25) is 15.1 Å². The van der Waals surface area contributed by atoms with Gasteiger partial charge < -0.3 is 10.0 Å². The van der Waals surface area contributed by atoms with Crippen LogP contribution in [0.25, 0.3) is 10.8 Å². The Morgan fingerprint density at radius 2 is 1.00 bits per heavy atom. The van der Waals surface area contributed by atoms with Crippen molar-refractivity contribution < 1.29 is 63.4 Å². The molecule has 0 saturated carbocycles. The Morgan fingerprint density at radius 3 is 1.49 bits per heavy atom. The van der Waals surface area contributed by atoms with Crippen molar-refractivity contribution in [1.29, 1.82) is 0 Å². The highest BCUT2D eigenvalue weighted by Gasteiger charge is 2.44. The Morgan fingerprint density at radius 1 is 0.571 bits per heavy atom. The fraction of sp³-hybridized carbons (Fsp3) is 0.167. The number of imide groups is 1. The average molecular weight is 760 g/mol. The highest BCUT2D eigenvalue weighted by molar-refractivity contribution is 6.49. The van der Waals surface area contributed by atoms with Gasteiger partial charge in [0.15, 0.2) is 52.8 Å². The van der Waals surface area contributed by atoms with E-state index in [0.29, 0.717) is 9.80 Å². The minimum Gasteiger partial charge on any atom is -0.369 e. The van der Waals surface area contributed by atoms with Gasteiger partial charge in [-0.15, -0.1) is 0 Å². The highest BCUT2D eigenvalue weighted by atomic mass is 35.5. The van der Waals surface area contributed by atoms with Crippen LogP contribution in [0.3, 0.4) is 0 Å². The SMILES string of the molecule is O=C1c2c(Cl)cc3c4c(c(Cl)c(Cl)c(c24)C(=O)N1CCc1c(F)c(F)c(F)c(F)c1F)C(O)N(CCc1c(F)c(F)c(F)c(F)c1F)C3=O. The lowest BCUT2D eigenvalue weighted by Gasteiger charge is -2.37. The lowest BCUT2D eigenvalue weighted by atomic mass is 9.85. The summed E-state index contributed by atoms with van der Waals surface area (Å²) in [5, 5.41) is 8.65. The fourth-order valence-corrected chi connectivity index (χ4v) is 6.70. The van der Waals surface area contributed by atoms with E-state index in [1.165, 1.54) is 0 Å². The number of hydrogen-bond donors (Lipinski definition) is 1. The third kappa shape index (κ3) is 4.86. The Bertz CT molecular complexity index is 2180. The Kier molecular flexibility index (Phi) is 8.53. The number of halogens is 13. The molecule has 0 fully saturated rings. The quantitative estimate of drug-likeness (QED) is 0.0946. The molecule has 2 heterocycles. The largest absolute Gasteiger partial charge is 0.369 e. The molecule has 4 aromatic rings. The van der Waals surface area contributed by atoms with Crippen molar-refractivity contribution in [2.75, 3.05) is 13.1 Å². The lowest BCUT2D eigenvalue weighted by molar-refractivity contribution is 0.00519. The molecular formula is C30H11Cl3F10N2O4. The molecule has 2 aliphatic rings. The zero-order valence-electron chi connectivity index (χ0n) is 23.5. The number of benzene rings is 4. The summed E-state index contributed by atoms with van der Waals surface area (Å²) in [6, 6.07) is 0.881. The van der Waals surface area contributed by atoms with E-state index in [1.807, 2.05) is 0 Å². The summed E-state index contributed by atoms with van der Waals surface area (Å²) in [4.78, 5) is 41.7. The summed E-state index contributed by atoms with van der Waals surface area (Å²) in [7, 11) is 0. The average Bonchev–Trinajstić information content (AvgIpc) is 3.06. The van der Waals surface area contributed by atoms with Crippen LogP contribution in [0.15, 0.2) is 6.07 Å². The maximum Gasteiger partial charge on any atom is 0.262 e. The number of hydrogen-bond acceptors (Lipinski definition) is 4. The molecule has 0 saturated heterocycles. The van der Waals surface area contributed by atoms with E-state index >= 15 is 0 Å². The molecule has 1 N–H and O–H groups in total. The van der Waals surface area contributed by atoms with E-state index in [1.54, 1.807) is 0 Å². The molecule has 6 rings (SSSR count). The Labute approximate surface area is 280 Å². The van der Waals surface area contributed by atoms with Crippen LogP contribution in [-0.2, 0) is 12.8 Å². The molecular weight excluding hydrogens is 749 g/mol. The van der Waals surface area contributed by atoms with Gasteiger partial charge in [-0.25, -0.2) is 43.9 Å². The zero-order valence-corrected chi connectivity index (χ0v) is 25.7. The number of nitrogens with zero attached hydrogens (tertiary/aromatic N) is 2. The first-order valence-electron chi connectivity index (χ1n) is 13.5. The summed E-state index contributed by atoms with van der Waals surface area (Å²) in [6.07, 6.45) is -4.24. The third-order valence-electron chi connectivity index (χ3n) is 8.20. The lowest BCUT2D eigenvalue weighted by Crippen LogP contribution is -2.44. The highest BCUT2D eigenvalue weighted by Crippen LogP contribution is 2.50. The van der Waals surface area contributed by atoms with Crippen LogP contribution < -0.4 is 0 Å². The number of aliphatic hydroxyl groups is 1. The second kappa shape index (κ2) is 12.0. The van der Waals surface area contributed by atoms with Crippen molar-refractivity contribution in [2.24, 2.45) is 0 Å². The molecule has 0 bridgehead atoms. The van der Waals surface area contributed by atoms with E-state index in [-0.39, 0.29) is 5.39 Å². The number of carbonyl (C=O) groups excluding carboxylic acids is 3. The van der Waals surface area contributed by atoms with E-state index in [2.05, 4.69) is 0 Å². The molecule has 1 unspecified atom stereocenters. The topological polar surface area (TPSA) is 77.9 Å². The van der Waals surface area contributed by atoms with E-state index in [0.717, 1.165) is 6.07 Å². The Balaban J connectivity index is 1.42. The molecule has 49 heavy (non-hydrogen) atoms. The van der Waals surface area contributed by atoms with Crippen LogP contribution >= 0.6 is 34.8 Å². The van der Waals surface area contributed by atoms with Gasteiger partial charge in [0.2, 0.25) is 11.6 Å². The van der Waals surface area contributed by atoms with Gasteiger partial charge in [-0.3, -0.25) is 19.3 Å². The van der Waals surface area contributed by atoms with Gasteiger partial charge in [-0.05, 0) is 18.9 Å². The molecule has 1 atom stereocenters. The molecule has 0 spiro atoms. The van der Waals surface area contributed by atoms with E-state index < -0.39 is 162 Å². The van der Waals surface area contributed by atoms with Gasteiger partial charge in [-0.1, -0.05) is 34.8 Å². The summed E-state index contributed by atoms with van der Waals surface area (Å²) in [5.41, 5.74) is -4.67. The minimum atomic E-state index is -2.43. The maximum absolute atomic E-state index is 14.3. The van der Waals surface area contributed by atoms with Gasteiger partial charge >= 0.3 is 0 Å². The summed E-state index contributed by atoms with van der Waals surface area (Å²) < 4.78 is 139. The molecule has 19 heteroatoms. The van der Waals surface area contributed by atoms with Gasteiger partial charge in [0.1, 0.15) is 0 Å². The second-order valence-electron chi connectivity index (χ2n) is 10.7. The summed E-state index contributed by atoms with van der Waals surface area (Å²) in [6.45, 7) is -1.85. The fourth-order valence-electron chi connectivity index (χ4n) is 5.85. The second-order valence-corrected chi connectivity index (χ2v) is 11.8.